The van der Waals surface area contributed by atoms with E-state index in [4.69, 9.17) is 4.52 Å². The van der Waals surface area contributed by atoms with Crippen LogP contribution in [-0.4, -0.2) is 51.4 Å². The van der Waals surface area contributed by atoms with Crippen molar-refractivity contribution in [3.63, 3.8) is 0 Å². The Balaban J connectivity index is 1.15. The molecule has 8 nitrogen and oxygen atoms in total. The van der Waals surface area contributed by atoms with Crippen molar-refractivity contribution in [1.29, 1.82) is 0 Å². The second-order valence-electron chi connectivity index (χ2n) is 9.50. The molecular formula is C27H30BrN5O3. The number of nitrogens with one attached hydrogen (secondary N) is 1. The van der Waals surface area contributed by atoms with Crippen molar-refractivity contribution < 1.29 is 14.1 Å². The summed E-state index contributed by atoms with van der Waals surface area (Å²) in [5.41, 5.74) is 3.05. The molecule has 5 rings (SSSR count). The zero-order valence-corrected chi connectivity index (χ0v) is 21.7. The average Bonchev–Trinajstić information content (AvgIpc) is 3.52. The van der Waals surface area contributed by atoms with Gasteiger partial charge in [-0.15, -0.1) is 0 Å². The molecule has 2 fully saturated rings. The van der Waals surface area contributed by atoms with Gasteiger partial charge in [-0.2, -0.15) is 4.98 Å². The third-order valence-electron chi connectivity index (χ3n) is 6.89. The van der Waals surface area contributed by atoms with Crippen LogP contribution in [0.2, 0.25) is 0 Å². The van der Waals surface area contributed by atoms with E-state index in [0.717, 1.165) is 53.5 Å². The molecule has 2 aromatic carbocycles. The van der Waals surface area contributed by atoms with Gasteiger partial charge in [-0.25, -0.2) is 0 Å². The fourth-order valence-corrected chi connectivity index (χ4v) is 5.36. The van der Waals surface area contributed by atoms with Gasteiger partial charge in [0.1, 0.15) is 0 Å². The zero-order valence-electron chi connectivity index (χ0n) is 20.2. The van der Waals surface area contributed by atoms with Crippen LogP contribution >= 0.6 is 15.9 Å². The van der Waals surface area contributed by atoms with E-state index in [1.54, 1.807) is 0 Å². The number of hydrogen-bond donors (Lipinski definition) is 1. The molecule has 188 valence electrons. The lowest BCUT2D eigenvalue weighted by molar-refractivity contribution is -0.128. The number of piperidine rings is 1. The van der Waals surface area contributed by atoms with Gasteiger partial charge in [0.05, 0.1) is 12.5 Å². The van der Waals surface area contributed by atoms with Crippen molar-refractivity contribution in [2.24, 2.45) is 5.92 Å². The second kappa shape index (κ2) is 11.3. The molecule has 1 N–H and O–H groups in total. The number of hydrogen-bond acceptors (Lipinski definition) is 6. The summed E-state index contributed by atoms with van der Waals surface area (Å²) in [5, 5.41) is 7.26. The Morgan fingerprint density at radius 1 is 1.08 bits per heavy atom. The summed E-state index contributed by atoms with van der Waals surface area (Å²) in [5.74, 6) is 1.30. The molecule has 0 radical (unpaired) electrons. The van der Waals surface area contributed by atoms with Gasteiger partial charge < -0.3 is 14.7 Å². The lowest BCUT2D eigenvalue weighted by Gasteiger charge is -2.31. The standard InChI is InChI=1S/C27H30BrN5O3/c28-23-10-3-8-19(14-23)26-30-24(36-31-26)18-32-12-4-9-22(16-32)27(35)29-15-20-6-1-2-7-21(20)17-33-13-5-11-25(33)34/h1-3,6-8,10,14,22H,4-5,9,11-13,15-18H2,(H,29,35). The molecule has 2 amide bonds. The number of aromatic nitrogens is 2. The van der Waals surface area contributed by atoms with Gasteiger partial charge in [-0.3, -0.25) is 14.5 Å². The predicted molar refractivity (Wildman–Crippen MR) is 138 cm³/mol. The van der Waals surface area contributed by atoms with Crippen LogP contribution < -0.4 is 5.32 Å². The maximum atomic E-state index is 13.0. The normalized spacial score (nSPS) is 18.5. The van der Waals surface area contributed by atoms with E-state index in [9.17, 15) is 9.59 Å². The topological polar surface area (TPSA) is 91.6 Å². The van der Waals surface area contributed by atoms with Crippen molar-refractivity contribution in [3.8, 4) is 11.4 Å². The molecule has 2 aliphatic rings. The minimum Gasteiger partial charge on any atom is -0.352 e. The lowest BCUT2D eigenvalue weighted by atomic mass is 9.97. The molecular weight excluding hydrogens is 522 g/mol. The Kier molecular flexibility index (Phi) is 7.77. The van der Waals surface area contributed by atoms with Crippen LogP contribution in [0.1, 0.15) is 42.7 Å². The second-order valence-corrected chi connectivity index (χ2v) is 10.4. The van der Waals surface area contributed by atoms with Crippen molar-refractivity contribution in [3.05, 3.63) is 70.0 Å². The van der Waals surface area contributed by atoms with E-state index in [1.165, 1.54) is 0 Å². The number of benzene rings is 2. The number of carbonyl (C=O) groups is 2. The number of likely N-dealkylation sites (tertiary alicyclic amines) is 2. The molecule has 9 heteroatoms. The van der Waals surface area contributed by atoms with Crippen molar-refractivity contribution >= 4 is 27.7 Å². The summed E-state index contributed by atoms with van der Waals surface area (Å²) in [6.45, 7) is 3.95. The van der Waals surface area contributed by atoms with Crippen molar-refractivity contribution in [2.75, 3.05) is 19.6 Å². The maximum absolute atomic E-state index is 13.0. The molecule has 1 unspecified atom stereocenters. The highest BCUT2D eigenvalue weighted by Crippen LogP contribution is 2.23. The summed E-state index contributed by atoms with van der Waals surface area (Å²) in [6, 6.07) is 15.8. The molecule has 2 saturated heterocycles. The summed E-state index contributed by atoms with van der Waals surface area (Å²) in [6.07, 6.45) is 3.36. The first-order valence-electron chi connectivity index (χ1n) is 12.5. The third kappa shape index (κ3) is 6.02. The van der Waals surface area contributed by atoms with Crippen LogP contribution in [0.3, 0.4) is 0 Å². The fourth-order valence-electron chi connectivity index (χ4n) is 4.96. The Labute approximate surface area is 219 Å². The maximum Gasteiger partial charge on any atom is 0.241 e. The van der Waals surface area contributed by atoms with E-state index in [2.05, 4.69) is 36.3 Å². The van der Waals surface area contributed by atoms with E-state index in [0.29, 0.717) is 44.3 Å². The Morgan fingerprint density at radius 3 is 2.75 bits per heavy atom. The highest BCUT2D eigenvalue weighted by atomic mass is 79.9. The summed E-state index contributed by atoms with van der Waals surface area (Å²) < 4.78 is 6.45. The molecule has 1 aromatic heterocycles. The molecule has 0 spiro atoms. The van der Waals surface area contributed by atoms with Crippen LogP contribution in [0.15, 0.2) is 57.5 Å². The Bertz CT molecular complexity index is 1230. The number of amides is 2. The van der Waals surface area contributed by atoms with Crippen LogP contribution in [-0.2, 0) is 29.2 Å². The summed E-state index contributed by atoms with van der Waals surface area (Å²) in [7, 11) is 0. The first-order valence-corrected chi connectivity index (χ1v) is 13.3. The van der Waals surface area contributed by atoms with Gasteiger partial charge in [-0.05, 0) is 49.1 Å². The first kappa shape index (κ1) is 24.6. The van der Waals surface area contributed by atoms with E-state index < -0.39 is 0 Å². The third-order valence-corrected chi connectivity index (χ3v) is 7.38. The largest absolute Gasteiger partial charge is 0.352 e. The Morgan fingerprint density at radius 2 is 1.94 bits per heavy atom. The Hall–Kier alpha value is -3.04. The van der Waals surface area contributed by atoms with Gasteiger partial charge >= 0.3 is 0 Å². The average molecular weight is 552 g/mol. The number of rotatable bonds is 8. The smallest absolute Gasteiger partial charge is 0.241 e. The van der Waals surface area contributed by atoms with Crippen molar-refractivity contribution in [1.82, 2.24) is 25.3 Å². The van der Waals surface area contributed by atoms with Crippen molar-refractivity contribution in [2.45, 2.75) is 45.3 Å². The molecule has 1 atom stereocenters. The molecule has 3 heterocycles. The van der Waals surface area contributed by atoms with Gasteiger partial charge in [0, 0.05) is 42.6 Å². The quantitative estimate of drug-likeness (QED) is 0.452. The highest BCUT2D eigenvalue weighted by molar-refractivity contribution is 9.10. The molecule has 0 saturated carbocycles. The van der Waals surface area contributed by atoms with Crippen LogP contribution in [0.4, 0.5) is 0 Å². The van der Waals surface area contributed by atoms with E-state index >= 15 is 0 Å². The first-order chi connectivity index (χ1) is 17.5. The number of halogens is 1. The number of carbonyl (C=O) groups excluding carboxylic acids is 2. The molecule has 3 aromatic rings. The monoisotopic (exact) mass is 551 g/mol. The molecule has 0 aliphatic carbocycles. The lowest BCUT2D eigenvalue weighted by Crippen LogP contribution is -2.42. The summed E-state index contributed by atoms with van der Waals surface area (Å²) >= 11 is 3.47. The van der Waals surface area contributed by atoms with Crippen LogP contribution in [0.25, 0.3) is 11.4 Å². The van der Waals surface area contributed by atoms with Crippen LogP contribution in [0, 0.1) is 5.92 Å². The van der Waals surface area contributed by atoms with Gasteiger partial charge in [0.25, 0.3) is 0 Å². The predicted octanol–water partition coefficient (Wildman–Crippen LogP) is 4.15. The molecule has 36 heavy (non-hydrogen) atoms. The van der Waals surface area contributed by atoms with Gasteiger partial charge in [0.2, 0.25) is 23.5 Å². The fraction of sp³-hybridized carbons (Fsp3) is 0.407. The number of nitrogens with zero attached hydrogens (tertiary/aromatic N) is 4. The SMILES string of the molecule is O=C(NCc1ccccc1CN1CCCC1=O)C1CCCN(Cc2nc(-c3cccc(Br)c3)no2)C1. The minimum absolute atomic E-state index is 0.0621. The van der Waals surface area contributed by atoms with E-state index in [1.807, 2.05) is 53.4 Å². The van der Waals surface area contributed by atoms with Gasteiger partial charge in [-0.1, -0.05) is 57.5 Å². The molecule has 2 aliphatic heterocycles. The highest BCUT2D eigenvalue weighted by Gasteiger charge is 2.27. The minimum atomic E-state index is -0.0847. The van der Waals surface area contributed by atoms with Gasteiger partial charge in [0.15, 0.2) is 0 Å². The van der Waals surface area contributed by atoms with E-state index in [-0.39, 0.29) is 17.7 Å². The molecule has 0 bridgehead atoms. The zero-order chi connectivity index (χ0) is 24.9. The van der Waals surface area contributed by atoms with Crippen LogP contribution in [0.5, 0.6) is 0 Å². The summed E-state index contributed by atoms with van der Waals surface area (Å²) in [4.78, 5) is 33.7.